The Kier molecular flexibility index (Phi) is 4.99. The van der Waals surface area contributed by atoms with Gasteiger partial charge in [0, 0.05) is 0 Å². The van der Waals surface area contributed by atoms with E-state index >= 15 is 0 Å². The van der Waals surface area contributed by atoms with E-state index in [1.807, 2.05) is 36.4 Å². The minimum atomic E-state index is -0.414. The van der Waals surface area contributed by atoms with E-state index in [1.54, 1.807) is 12.1 Å². The van der Waals surface area contributed by atoms with Crippen molar-refractivity contribution < 1.29 is 9.63 Å². The van der Waals surface area contributed by atoms with Gasteiger partial charge in [0.15, 0.2) is 0 Å². The third-order valence-electron chi connectivity index (χ3n) is 3.87. The van der Waals surface area contributed by atoms with Crippen molar-refractivity contribution in [1.29, 1.82) is 0 Å². The minimum Gasteiger partial charge on any atom is -0.313 e. The molecule has 0 N–H and O–H groups in total. The molecule has 1 aliphatic rings. The monoisotopic (exact) mass is 305 g/mol. The van der Waals surface area contributed by atoms with Gasteiger partial charge in [-0.3, -0.25) is 0 Å². The van der Waals surface area contributed by atoms with Gasteiger partial charge < -0.3 is 4.84 Å². The van der Waals surface area contributed by atoms with Gasteiger partial charge in [-0.15, -0.1) is 0 Å². The summed E-state index contributed by atoms with van der Waals surface area (Å²) in [6.07, 6.45) is 6.17. The van der Waals surface area contributed by atoms with Crippen molar-refractivity contribution in [3.05, 3.63) is 77.4 Å². The maximum Gasteiger partial charge on any atom is 0.365 e. The number of hydrogen-bond donors (Lipinski definition) is 0. The number of rotatable bonds is 3. The number of oxime groups is 1. The average Bonchev–Trinajstić information content (AvgIpc) is 2.62. The first kappa shape index (κ1) is 15.2. The molecule has 0 radical (unpaired) electrons. The van der Waals surface area contributed by atoms with Crippen LogP contribution in [0.15, 0.2) is 71.4 Å². The first-order chi connectivity index (χ1) is 11.3. The van der Waals surface area contributed by atoms with Gasteiger partial charge in [0.1, 0.15) is 0 Å². The first-order valence-corrected chi connectivity index (χ1v) is 7.92. The molecule has 2 aromatic carbocycles. The summed E-state index contributed by atoms with van der Waals surface area (Å²) < 4.78 is 0. The Bertz CT molecular complexity index is 718. The summed E-state index contributed by atoms with van der Waals surface area (Å²) >= 11 is 0. The van der Waals surface area contributed by atoms with Crippen LogP contribution in [0.2, 0.25) is 0 Å². The van der Waals surface area contributed by atoms with Crippen molar-refractivity contribution in [2.75, 3.05) is 0 Å². The highest BCUT2D eigenvalue weighted by molar-refractivity contribution is 6.04. The average molecular weight is 305 g/mol. The van der Waals surface area contributed by atoms with Gasteiger partial charge in [-0.25, -0.2) is 4.79 Å². The number of hydrogen-bond acceptors (Lipinski definition) is 3. The maximum absolute atomic E-state index is 12.0. The standard InChI is InChI=1S/C20H19NO2/c22-20(17-11-5-2-6-12-17)23-21-19-14-8-7-13-18(19)15-16-9-3-1-4-10-16/h1-6,9-12,15H,7-8,13-14H2/b18-15-,21-19+. The molecule has 0 aliphatic heterocycles. The normalized spacial score (nSPS) is 18.1. The lowest BCUT2D eigenvalue weighted by atomic mass is 9.91. The zero-order valence-corrected chi connectivity index (χ0v) is 12.9. The van der Waals surface area contributed by atoms with Crippen molar-refractivity contribution in [2.45, 2.75) is 25.7 Å². The second kappa shape index (κ2) is 7.54. The van der Waals surface area contributed by atoms with E-state index in [-0.39, 0.29) is 0 Å². The topological polar surface area (TPSA) is 38.7 Å². The summed E-state index contributed by atoms with van der Waals surface area (Å²) in [7, 11) is 0. The number of nitrogens with zero attached hydrogens (tertiary/aromatic N) is 1. The van der Waals surface area contributed by atoms with Crippen molar-refractivity contribution in [3.8, 4) is 0 Å². The predicted molar refractivity (Wildman–Crippen MR) is 92.2 cm³/mol. The van der Waals surface area contributed by atoms with Crippen molar-refractivity contribution in [2.24, 2.45) is 5.16 Å². The highest BCUT2D eigenvalue weighted by Crippen LogP contribution is 2.23. The highest BCUT2D eigenvalue weighted by Gasteiger charge is 2.15. The van der Waals surface area contributed by atoms with E-state index in [0.29, 0.717) is 5.56 Å². The molecule has 1 fully saturated rings. The van der Waals surface area contributed by atoms with Gasteiger partial charge in [0.05, 0.1) is 11.3 Å². The van der Waals surface area contributed by atoms with E-state index in [4.69, 9.17) is 4.84 Å². The van der Waals surface area contributed by atoms with E-state index in [9.17, 15) is 4.79 Å². The number of carbonyl (C=O) groups excluding carboxylic acids is 1. The van der Waals surface area contributed by atoms with Gasteiger partial charge in [-0.2, -0.15) is 0 Å². The molecule has 3 nitrogen and oxygen atoms in total. The van der Waals surface area contributed by atoms with Crippen LogP contribution in [0.25, 0.3) is 6.08 Å². The zero-order chi connectivity index (χ0) is 15.9. The first-order valence-electron chi connectivity index (χ1n) is 7.92. The summed E-state index contributed by atoms with van der Waals surface area (Å²) in [6.45, 7) is 0. The van der Waals surface area contributed by atoms with E-state index in [0.717, 1.165) is 42.5 Å². The van der Waals surface area contributed by atoms with E-state index < -0.39 is 5.97 Å². The van der Waals surface area contributed by atoms with Gasteiger partial charge in [0.25, 0.3) is 0 Å². The summed E-state index contributed by atoms with van der Waals surface area (Å²) in [6, 6.07) is 19.1. The molecular weight excluding hydrogens is 286 g/mol. The number of benzene rings is 2. The van der Waals surface area contributed by atoms with Crippen LogP contribution in [0.5, 0.6) is 0 Å². The van der Waals surface area contributed by atoms with Crippen LogP contribution in [0.3, 0.4) is 0 Å². The predicted octanol–water partition coefficient (Wildman–Crippen LogP) is 4.86. The third kappa shape index (κ3) is 4.16. The van der Waals surface area contributed by atoms with E-state index in [2.05, 4.69) is 23.4 Å². The van der Waals surface area contributed by atoms with Gasteiger partial charge in [-0.1, -0.05) is 53.7 Å². The van der Waals surface area contributed by atoms with Crippen molar-refractivity contribution in [3.63, 3.8) is 0 Å². The van der Waals surface area contributed by atoms with Gasteiger partial charge in [0.2, 0.25) is 0 Å². The Labute approximate surface area is 136 Å². The summed E-state index contributed by atoms with van der Waals surface area (Å²) in [5.41, 5.74) is 3.69. The fourth-order valence-corrected chi connectivity index (χ4v) is 2.65. The molecule has 2 aromatic rings. The molecule has 1 aliphatic carbocycles. The highest BCUT2D eigenvalue weighted by atomic mass is 16.7. The molecular formula is C20H19NO2. The lowest BCUT2D eigenvalue weighted by Gasteiger charge is -2.16. The molecule has 3 heteroatoms. The lowest BCUT2D eigenvalue weighted by Crippen LogP contribution is -2.11. The Morgan fingerprint density at radius 2 is 1.57 bits per heavy atom. The van der Waals surface area contributed by atoms with Gasteiger partial charge >= 0.3 is 5.97 Å². The lowest BCUT2D eigenvalue weighted by molar-refractivity contribution is 0.0515. The number of allylic oxidation sites excluding steroid dienone is 1. The van der Waals surface area contributed by atoms with Crippen LogP contribution in [0.4, 0.5) is 0 Å². The maximum atomic E-state index is 12.0. The zero-order valence-electron chi connectivity index (χ0n) is 12.9. The summed E-state index contributed by atoms with van der Waals surface area (Å²) in [5, 5.41) is 4.14. The molecule has 1 saturated carbocycles. The van der Waals surface area contributed by atoms with Crippen LogP contribution in [0.1, 0.15) is 41.6 Å². The molecule has 0 heterocycles. The molecule has 0 spiro atoms. The molecule has 0 aromatic heterocycles. The van der Waals surface area contributed by atoms with Gasteiger partial charge in [-0.05, 0) is 55.0 Å². The molecule has 0 atom stereocenters. The Morgan fingerprint density at radius 1 is 0.913 bits per heavy atom. The molecule has 0 unspecified atom stereocenters. The van der Waals surface area contributed by atoms with Crippen LogP contribution in [-0.4, -0.2) is 11.7 Å². The largest absolute Gasteiger partial charge is 0.365 e. The second-order valence-electron chi connectivity index (χ2n) is 5.57. The van der Waals surface area contributed by atoms with Crippen LogP contribution < -0.4 is 0 Å². The van der Waals surface area contributed by atoms with Crippen molar-refractivity contribution in [1.82, 2.24) is 0 Å². The van der Waals surface area contributed by atoms with Crippen LogP contribution in [0, 0.1) is 0 Å². The van der Waals surface area contributed by atoms with Crippen LogP contribution >= 0.6 is 0 Å². The second-order valence-corrected chi connectivity index (χ2v) is 5.57. The SMILES string of the molecule is O=C(O/N=C1\CCCC\C1=C\c1ccccc1)c1ccccc1. The van der Waals surface area contributed by atoms with Crippen molar-refractivity contribution >= 4 is 17.8 Å². The third-order valence-corrected chi connectivity index (χ3v) is 3.87. The molecule has 3 rings (SSSR count). The minimum absolute atomic E-state index is 0.414. The van der Waals surface area contributed by atoms with Crippen LogP contribution in [-0.2, 0) is 4.84 Å². The fourth-order valence-electron chi connectivity index (χ4n) is 2.65. The summed E-state index contributed by atoms with van der Waals surface area (Å²) in [4.78, 5) is 17.1. The molecule has 0 bridgehead atoms. The summed E-state index contributed by atoms with van der Waals surface area (Å²) in [5.74, 6) is -0.414. The van der Waals surface area contributed by atoms with E-state index in [1.165, 1.54) is 0 Å². The molecule has 0 saturated heterocycles. The smallest absolute Gasteiger partial charge is 0.313 e. The Morgan fingerprint density at radius 3 is 2.30 bits per heavy atom. The Hall–Kier alpha value is -2.68. The quantitative estimate of drug-likeness (QED) is 0.600. The Balaban J connectivity index is 1.76. The number of carbonyl (C=O) groups is 1. The fraction of sp³-hybridized carbons (Fsp3) is 0.200. The molecule has 23 heavy (non-hydrogen) atoms. The molecule has 0 amide bonds. The molecule has 116 valence electrons.